The van der Waals surface area contributed by atoms with Crippen LogP contribution in [-0.4, -0.2) is 69.8 Å². The van der Waals surface area contributed by atoms with Crippen LogP contribution in [0.4, 0.5) is 23.7 Å². The first kappa shape index (κ1) is 31.6. The number of aliphatic carboxylic acids is 1. The van der Waals surface area contributed by atoms with Crippen molar-refractivity contribution < 1.29 is 46.9 Å². The van der Waals surface area contributed by atoms with E-state index in [2.05, 4.69) is 10.6 Å². The van der Waals surface area contributed by atoms with Gasteiger partial charge in [-0.05, 0) is 63.1 Å². The SMILES string of the molecule is CC(C)(C)OC(=O)N[C@@H](CC(=O)N1CCSC1C(=O)Nc1ccc(OCC(=O)O)cc1)Cc1cc(F)c(F)cc1F. The van der Waals surface area contributed by atoms with E-state index < -0.39 is 65.0 Å². The van der Waals surface area contributed by atoms with E-state index in [0.29, 0.717) is 29.3 Å². The Morgan fingerprint density at radius 2 is 1.73 bits per heavy atom. The molecule has 41 heavy (non-hydrogen) atoms. The molecule has 0 bridgehead atoms. The molecule has 3 rings (SSSR count). The number of halogens is 3. The summed E-state index contributed by atoms with van der Waals surface area (Å²) >= 11 is 1.22. The van der Waals surface area contributed by atoms with Crippen molar-refractivity contribution in [1.29, 1.82) is 0 Å². The van der Waals surface area contributed by atoms with Crippen LogP contribution in [-0.2, 0) is 25.5 Å². The van der Waals surface area contributed by atoms with Crippen molar-refractivity contribution in [2.75, 3.05) is 24.2 Å². The standard InChI is InChI=1S/C27H30F3N3O7S/c1-27(2,3)40-26(38)32-17(10-15-11-20(29)21(30)13-19(15)28)12-22(34)33-8-9-41-25(33)24(37)31-16-4-6-18(7-5-16)39-14-23(35)36/h4-7,11,13,17,25H,8-10,12,14H2,1-3H3,(H,31,37)(H,32,38)(H,35,36)/t17-,25?/m1/s1. The summed E-state index contributed by atoms with van der Waals surface area (Å²) in [6.07, 6.45) is -1.61. The van der Waals surface area contributed by atoms with Gasteiger partial charge in [0.15, 0.2) is 23.6 Å². The fraction of sp³-hybridized carbons (Fsp3) is 0.407. The van der Waals surface area contributed by atoms with E-state index in [1.807, 2.05) is 0 Å². The molecule has 1 aliphatic heterocycles. The van der Waals surface area contributed by atoms with E-state index >= 15 is 0 Å². The number of nitrogens with one attached hydrogen (secondary N) is 2. The minimum Gasteiger partial charge on any atom is -0.482 e. The van der Waals surface area contributed by atoms with Crippen LogP contribution in [0.2, 0.25) is 0 Å². The number of hydrogen-bond acceptors (Lipinski definition) is 7. The van der Waals surface area contributed by atoms with Crippen LogP contribution in [0, 0.1) is 17.5 Å². The molecule has 0 spiro atoms. The molecule has 0 aliphatic carbocycles. The van der Waals surface area contributed by atoms with Crippen molar-refractivity contribution in [3.8, 4) is 5.75 Å². The first-order valence-corrected chi connectivity index (χ1v) is 13.6. The number of alkyl carbamates (subject to hydrolysis) is 1. The van der Waals surface area contributed by atoms with Crippen molar-refractivity contribution in [2.45, 2.75) is 50.6 Å². The number of ether oxygens (including phenoxy) is 2. The topological polar surface area (TPSA) is 134 Å². The summed E-state index contributed by atoms with van der Waals surface area (Å²) in [5.41, 5.74) is -0.740. The number of carbonyl (C=O) groups excluding carboxylic acids is 3. The molecule has 1 heterocycles. The minimum absolute atomic E-state index is 0.224. The Hall–Kier alpha value is -3.94. The zero-order chi connectivity index (χ0) is 30.3. The number of hydrogen-bond donors (Lipinski definition) is 3. The molecular weight excluding hydrogens is 567 g/mol. The highest BCUT2D eigenvalue weighted by molar-refractivity contribution is 8.00. The zero-order valence-corrected chi connectivity index (χ0v) is 23.4. The molecule has 14 heteroatoms. The molecule has 1 saturated heterocycles. The minimum atomic E-state index is -1.37. The Kier molecular flexibility index (Phi) is 10.5. The number of rotatable bonds is 10. The maximum atomic E-state index is 14.4. The summed E-state index contributed by atoms with van der Waals surface area (Å²) in [5.74, 6) is -5.11. The molecule has 2 atom stereocenters. The van der Waals surface area contributed by atoms with Gasteiger partial charge in [0, 0.05) is 36.5 Å². The number of benzene rings is 2. The van der Waals surface area contributed by atoms with E-state index in [0.717, 1.165) is 0 Å². The Morgan fingerprint density at radius 1 is 1.07 bits per heavy atom. The van der Waals surface area contributed by atoms with Crippen molar-refractivity contribution in [3.05, 3.63) is 59.4 Å². The van der Waals surface area contributed by atoms with Gasteiger partial charge in [0.1, 0.15) is 17.2 Å². The van der Waals surface area contributed by atoms with Gasteiger partial charge in [-0.1, -0.05) is 0 Å². The number of carboxylic acid groups (broad SMARTS) is 1. The lowest BCUT2D eigenvalue weighted by atomic mass is 10.0. The molecule has 222 valence electrons. The van der Waals surface area contributed by atoms with Gasteiger partial charge in [0.25, 0.3) is 5.91 Å². The summed E-state index contributed by atoms with van der Waals surface area (Å²) in [4.78, 5) is 50.7. The van der Waals surface area contributed by atoms with Gasteiger partial charge in [-0.25, -0.2) is 22.8 Å². The van der Waals surface area contributed by atoms with Crippen LogP contribution in [0.25, 0.3) is 0 Å². The van der Waals surface area contributed by atoms with Crippen molar-refractivity contribution in [1.82, 2.24) is 10.2 Å². The molecule has 1 unspecified atom stereocenters. The maximum Gasteiger partial charge on any atom is 0.407 e. The average Bonchev–Trinajstić information content (AvgIpc) is 3.36. The van der Waals surface area contributed by atoms with E-state index in [-0.39, 0.29) is 24.9 Å². The van der Waals surface area contributed by atoms with Crippen LogP contribution in [0.15, 0.2) is 36.4 Å². The van der Waals surface area contributed by atoms with E-state index in [9.17, 15) is 32.3 Å². The molecule has 1 aliphatic rings. The Balaban J connectivity index is 1.70. The molecule has 2 aromatic rings. The van der Waals surface area contributed by atoms with Gasteiger partial charge in [-0.15, -0.1) is 11.8 Å². The molecular formula is C27H30F3N3O7S. The normalized spacial score (nSPS) is 15.7. The van der Waals surface area contributed by atoms with Crippen LogP contribution in [0.5, 0.6) is 5.75 Å². The van der Waals surface area contributed by atoms with Crippen molar-refractivity contribution in [2.24, 2.45) is 0 Å². The van der Waals surface area contributed by atoms with Crippen molar-refractivity contribution >= 4 is 41.3 Å². The quantitative estimate of drug-likeness (QED) is 0.351. The summed E-state index contributed by atoms with van der Waals surface area (Å²) in [5, 5.41) is 13.0. The Bertz CT molecular complexity index is 1290. The molecule has 10 nitrogen and oxygen atoms in total. The number of anilines is 1. The molecule has 1 fully saturated rings. The first-order chi connectivity index (χ1) is 19.2. The highest BCUT2D eigenvalue weighted by Crippen LogP contribution is 2.27. The predicted molar refractivity (Wildman–Crippen MR) is 144 cm³/mol. The second-order valence-electron chi connectivity index (χ2n) is 10.1. The monoisotopic (exact) mass is 597 g/mol. The summed E-state index contributed by atoms with van der Waals surface area (Å²) in [7, 11) is 0. The number of amides is 3. The number of carbonyl (C=O) groups is 4. The van der Waals surface area contributed by atoms with Gasteiger partial charge in [0.2, 0.25) is 5.91 Å². The summed E-state index contributed by atoms with van der Waals surface area (Å²) < 4.78 is 51.9. The van der Waals surface area contributed by atoms with Gasteiger partial charge in [-0.3, -0.25) is 9.59 Å². The predicted octanol–water partition coefficient (Wildman–Crippen LogP) is 3.93. The van der Waals surface area contributed by atoms with Gasteiger partial charge < -0.3 is 30.1 Å². The lowest BCUT2D eigenvalue weighted by Crippen LogP contribution is -2.47. The molecule has 3 N–H and O–H groups in total. The fourth-order valence-electron chi connectivity index (χ4n) is 3.89. The van der Waals surface area contributed by atoms with Gasteiger partial charge in [0.05, 0.1) is 0 Å². The highest BCUT2D eigenvalue weighted by atomic mass is 32.2. The molecule has 3 amide bonds. The van der Waals surface area contributed by atoms with Crippen LogP contribution in [0.1, 0.15) is 32.8 Å². The van der Waals surface area contributed by atoms with E-state index in [4.69, 9.17) is 14.6 Å². The lowest BCUT2D eigenvalue weighted by Gasteiger charge is -2.27. The average molecular weight is 598 g/mol. The van der Waals surface area contributed by atoms with Crippen LogP contribution >= 0.6 is 11.8 Å². The fourth-order valence-corrected chi connectivity index (χ4v) is 5.03. The number of nitrogens with zero attached hydrogens (tertiary/aromatic N) is 1. The zero-order valence-electron chi connectivity index (χ0n) is 22.5. The van der Waals surface area contributed by atoms with Crippen molar-refractivity contribution in [3.63, 3.8) is 0 Å². The summed E-state index contributed by atoms with van der Waals surface area (Å²) in [6.45, 7) is 4.59. The molecule has 0 radical (unpaired) electrons. The molecule has 0 saturated carbocycles. The molecule has 2 aromatic carbocycles. The van der Waals surface area contributed by atoms with Gasteiger partial charge >= 0.3 is 12.1 Å². The smallest absolute Gasteiger partial charge is 0.407 e. The summed E-state index contributed by atoms with van der Waals surface area (Å²) in [6, 6.07) is 5.97. The largest absolute Gasteiger partial charge is 0.482 e. The number of thioether (sulfide) groups is 1. The first-order valence-electron chi connectivity index (χ1n) is 12.5. The van der Waals surface area contributed by atoms with E-state index in [1.54, 1.807) is 20.8 Å². The third kappa shape index (κ3) is 9.59. The van der Waals surface area contributed by atoms with Crippen LogP contribution < -0.4 is 15.4 Å². The second-order valence-corrected chi connectivity index (χ2v) is 11.3. The third-order valence-electron chi connectivity index (χ3n) is 5.62. The second kappa shape index (κ2) is 13.6. The molecule has 0 aromatic heterocycles. The Morgan fingerprint density at radius 3 is 2.37 bits per heavy atom. The lowest BCUT2D eigenvalue weighted by molar-refractivity contribution is -0.139. The Labute approximate surface area is 238 Å². The van der Waals surface area contributed by atoms with Crippen LogP contribution in [0.3, 0.4) is 0 Å². The maximum absolute atomic E-state index is 14.4. The number of carboxylic acids is 1. The van der Waals surface area contributed by atoms with E-state index in [1.165, 1.54) is 40.9 Å². The van der Waals surface area contributed by atoms with Gasteiger partial charge in [-0.2, -0.15) is 0 Å². The third-order valence-corrected chi connectivity index (χ3v) is 6.82. The highest BCUT2D eigenvalue weighted by Gasteiger charge is 2.36.